The Kier molecular flexibility index (Phi) is 6.67. The maximum absolute atomic E-state index is 13.3. The molecule has 0 atom stereocenters. The average molecular weight is 516 g/mol. The number of nitrogens with one attached hydrogen (secondary N) is 2. The first-order valence-corrected chi connectivity index (χ1v) is 12.6. The van der Waals surface area contributed by atoms with Crippen LogP contribution in [0.4, 0.5) is 5.69 Å². The van der Waals surface area contributed by atoms with Gasteiger partial charge >= 0.3 is 0 Å². The van der Waals surface area contributed by atoms with Crippen molar-refractivity contribution in [2.24, 2.45) is 0 Å². The van der Waals surface area contributed by atoms with Crippen molar-refractivity contribution in [2.45, 2.75) is 13.2 Å². The summed E-state index contributed by atoms with van der Waals surface area (Å²) in [6.45, 7) is 1.51. The number of hydrogen-bond donors (Lipinski definition) is 2. The van der Waals surface area contributed by atoms with E-state index in [9.17, 15) is 9.59 Å². The Hall–Kier alpha value is -5.08. The summed E-state index contributed by atoms with van der Waals surface area (Å²) in [5.41, 5.74) is 4.23. The first kappa shape index (κ1) is 24.3. The highest BCUT2D eigenvalue weighted by molar-refractivity contribution is 6.11. The van der Waals surface area contributed by atoms with Crippen molar-refractivity contribution >= 4 is 33.3 Å². The Morgan fingerprint density at radius 3 is 2.31 bits per heavy atom. The molecule has 39 heavy (non-hydrogen) atoms. The summed E-state index contributed by atoms with van der Waals surface area (Å²) >= 11 is 0. The molecular weight excluding hydrogens is 490 g/mol. The van der Waals surface area contributed by atoms with Gasteiger partial charge in [-0.1, -0.05) is 78.9 Å². The molecule has 2 heterocycles. The van der Waals surface area contributed by atoms with Gasteiger partial charge in [0.15, 0.2) is 5.69 Å². The van der Waals surface area contributed by atoms with Crippen LogP contribution in [0.5, 0.6) is 0 Å². The minimum Gasteiger partial charge on any atom is -0.375 e. The van der Waals surface area contributed by atoms with Gasteiger partial charge in [-0.3, -0.25) is 14.3 Å². The van der Waals surface area contributed by atoms with Crippen molar-refractivity contribution < 1.29 is 9.53 Å². The van der Waals surface area contributed by atoms with Gasteiger partial charge in [-0.25, -0.2) is 5.10 Å². The van der Waals surface area contributed by atoms with Crippen LogP contribution < -0.4 is 10.9 Å². The number of H-pyrrole nitrogens is 1. The molecule has 192 valence electrons. The fraction of sp³-hybridized carbons (Fsp3) is 0.0968. The molecule has 1 amide bonds. The van der Waals surface area contributed by atoms with Crippen molar-refractivity contribution in [3.8, 4) is 11.3 Å². The number of ether oxygens (including phenoxy) is 1. The number of para-hydroxylation sites is 1. The lowest BCUT2D eigenvalue weighted by atomic mass is 10.0. The summed E-state index contributed by atoms with van der Waals surface area (Å²) in [5, 5.41) is 16.5. The minimum atomic E-state index is -0.296. The molecule has 0 aliphatic rings. The third-order valence-corrected chi connectivity index (χ3v) is 6.54. The van der Waals surface area contributed by atoms with E-state index in [2.05, 4.69) is 20.6 Å². The van der Waals surface area contributed by atoms with E-state index in [1.54, 1.807) is 6.07 Å². The fourth-order valence-corrected chi connectivity index (χ4v) is 4.62. The number of rotatable bonds is 8. The monoisotopic (exact) mass is 515 g/mol. The molecule has 0 bridgehead atoms. The summed E-state index contributed by atoms with van der Waals surface area (Å²) < 4.78 is 7.64. The molecule has 0 unspecified atom stereocenters. The van der Waals surface area contributed by atoms with Crippen LogP contribution in [0.25, 0.3) is 32.9 Å². The summed E-state index contributed by atoms with van der Waals surface area (Å²) in [6, 6.07) is 32.4. The van der Waals surface area contributed by atoms with Gasteiger partial charge in [0.05, 0.1) is 36.4 Å². The van der Waals surface area contributed by atoms with E-state index < -0.39 is 0 Å². The topological polar surface area (TPSA) is 102 Å². The van der Waals surface area contributed by atoms with Gasteiger partial charge in [-0.05, 0) is 29.8 Å². The van der Waals surface area contributed by atoms with Crippen molar-refractivity contribution in [2.75, 3.05) is 11.9 Å². The first-order chi connectivity index (χ1) is 19.2. The van der Waals surface area contributed by atoms with Gasteiger partial charge in [0.1, 0.15) is 0 Å². The predicted molar refractivity (Wildman–Crippen MR) is 152 cm³/mol. The van der Waals surface area contributed by atoms with E-state index in [1.807, 2.05) is 102 Å². The Morgan fingerprint density at radius 2 is 1.51 bits per heavy atom. The number of benzene rings is 4. The number of nitrogens with zero attached hydrogens (tertiary/aromatic N) is 3. The number of aromatic nitrogens is 4. The van der Waals surface area contributed by atoms with Gasteiger partial charge < -0.3 is 10.1 Å². The summed E-state index contributed by atoms with van der Waals surface area (Å²) in [6.07, 6.45) is 0. The zero-order chi connectivity index (χ0) is 26.6. The lowest BCUT2D eigenvalue weighted by Crippen LogP contribution is -2.14. The summed E-state index contributed by atoms with van der Waals surface area (Å²) in [5.74, 6) is -0.296. The predicted octanol–water partition coefficient (Wildman–Crippen LogP) is 5.41. The largest absolute Gasteiger partial charge is 0.375 e. The quantitative estimate of drug-likeness (QED) is 0.264. The molecular formula is C31H25N5O3. The van der Waals surface area contributed by atoms with Gasteiger partial charge in [0.25, 0.3) is 11.5 Å². The molecule has 8 nitrogen and oxygen atoms in total. The van der Waals surface area contributed by atoms with Crippen LogP contribution in [0, 0.1) is 0 Å². The summed E-state index contributed by atoms with van der Waals surface area (Å²) in [4.78, 5) is 25.4. The van der Waals surface area contributed by atoms with Crippen molar-refractivity contribution in [1.82, 2.24) is 20.0 Å². The maximum atomic E-state index is 13.3. The van der Waals surface area contributed by atoms with E-state index in [0.717, 1.165) is 27.4 Å². The molecule has 6 aromatic rings. The Morgan fingerprint density at radius 1 is 0.821 bits per heavy atom. The van der Waals surface area contributed by atoms with Crippen LogP contribution in [0.2, 0.25) is 0 Å². The van der Waals surface area contributed by atoms with Gasteiger partial charge in [-0.2, -0.15) is 10.2 Å². The van der Waals surface area contributed by atoms with Crippen LogP contribution >= 0.6 is 0 Å². The molecule has 6 rings (SSSR count). The summed E-state index contributed by atoms with van der Waals surface area (Å²) in [7, 11) is 0. The average Bonchev–Trinajstić information content (AvgIpc) is 3.36. The zero-order valence-corrected chi connectivity index (χ0v) is 21.0. The molecule has 0 spiro atoms. The third-order valence-electron chi connectivity index (χ3n) is 6.54. The lowest BCUT2D eigenvalue weighted by molar-refractivity contribution is 0.101. The van der Waals surface area contributed by atoms with E-state index >= 15 is 0 Å². The molecule has 0 saturated heterocycles. The highest BCUT2D eigenvalue weighted by Crippen LogP contribution is 2.26. The second-order valence-corrected chi connectivity index (χ2v) is 9.11. The van der Waals surface area contributed by atoms with Gasteiger partial charge in [0.2, 0.25) is 0 Å². The molecule has 0 saturated carbocycles. The number of carbonyl (C=O) groups is 1. The smallest absolute Gasteiger partial charge is 0.276 e. The number of amides is 1. The second kappa shape index (κ2) is 10.7. The molecule has 0 aliphatic heterocycles. The van der Waals surface area contributed by atoms with E-state index in [1.165, 1.54) is 0 Å². The maximum Gasteiger partial charge on any atom is 0.276 e. The molecule has 2 N–H and O–H groups in total. The lowest BCUT2D eigenvalue weighted by Gasteiger charge is -2.07. The SMILES string of the molecule is O=C(Nc1ccc(-c2n[nH]c(=O)c3ccccc23)cc1)c1nn(CCOCc2ccccc2)c2ccccc12. The molecule has 8 heteroatoms. The Balaban J connectivity index is 1.18. The third kappa shape index (κ3) is 5.05. The number of fused-ring (bicyclic) bond motifs is 2. The van der Waals surface area contributed by atoms with E-state index in [0.29, 0.717) is 42.2 Å². The highest BCUT2D eigenvalue weighted by atomic mass is 16.5. The van der Waals surface area contributed by atoms with Crippen molar-refractivity contribution in [3.05, 3.63) is 125 Å². The van der Waals surface area contributed by atoms with Crippen LogP contribution in [0.1, 0.15) is 16.1 Å². The second-order valence-electron chi connectivity index (χ2n) is 9.11. The standard InChI is InChI=1S/C31H25N5O3/c37-30-25-11-5-4-10-24(25)28(33-34-30)22-14-16-23(17-15-22)32-31(38)29-26-12-6-7-13-27(26)36(35-29)18-19-39-20-21-8-2-1-3-9-21/h1-17H,18-20H2,(H,32,38)(H,34,37). The van der Waals surface area contributed by atoms with Crippen LogP contribution in [0.15, 0.2) is 108 Å². The number of hydrogen-bond acceptors (Lipinski definition) is 5. The zero-order valence-electron chi connectivity index (χ0n) is 21.0. The number of anilines is 1. The van der Waals surface area contributed by atoms with Crippen LogP contribution in [-0.2, 0) is 17.9 Å². The van der Waals surface area contributed by atoms with Gasteiger partial charge in [0, 0.05) is 22.0 Å². The normalized spacial score (nSPS) is 11.2. The first-order valence-electron chi connectivity index (χ1n) is 12.6. The molecule has 0 radical (unpaired) electrons. The van der Waals surface area contributed by atoms with Crippen LogP contribution in [0.3, 0.4) is 0 Å². The number of carbonyl (C=O) groups excluding carboxylic acids is 1. The highest BCUT2D eigenvalue weighted by Gasteiger charge is 2.17. The fourth-order valence-electron chi connectivity index (χ4n) is 4.62. The molecule has 0 fully saturated rings. The Labute approximate surface area is 223 Å². The van der Waals surface area contributed by atoms with Crippen molar-refractivity contribution in [1.29, 1.82) is 0 Å². The van der Waals surface area contributed by atoms with Crippen LogP contribution in [-0.4, -0.2) is 32.5 Å². The van der Waals surface area contributed by atoms with Crippen molar-refractivity contribution in [3.63, 3.8) is 0 Å². The number of aromatic amines is 1. The van der Waals surface area contributed by atoms with E-state index in [-0.39, 0.29) is 11.5 Å². The minimum absolute atomic E-state index is 0.229. The molecule has 0 aliphatic carbocycles. The van der Waals surface area contributed by atoms with E-state index in [4.69, 9.17) is 4.74 Å². The molecule has 4 aromatic carbocycles. The molecule has 2 aromatic heterocycles. The Bertz CT molecular complexity index is 1830. The van der Waals surface area contributed by atoms with Gasteiger partial charge in [-0.15, -0.1) is 0 Å².